The highest BCUT2D eigenvalue weighted by Crippen LogP contribution is 2.37. The molecule has 3 atom stereocenters. The molecule has 0 radical (unpaired) electrons. The molecule has 5 rings (SSSR count). The van der Waals surface area contributed by atoms with Crippen molar-refractivity contribution in [3.8, 4) is 0 Å². The summed E-state index contributed by atoms with van der Waals surface area (Å²) in [6.07, 6.45) is 3.07. The number of ether oxygens (including phenoxy) is 1. The highest BCUT2D eigenvalue weighted by atomic mass is 35.5. The van der Waals surface area contributed by atoms with Crippen LogP contribution in [0, 0.1) is 0 Å². The number of aromatic nitrogens is 2. The van der Waals surface area contributed by atoms with Gasteiger partial charge in [-0.1, -0.05) is 23.7 Å². The van der Waals surface area contributed by atoms with Gasteiger partial charge in [-0.15, -0.1) is 0 Å². The molecule has 0 spiro atoms. The number of carbonyl (C=O) groups excluding carboxylic acids is 1. The third kappa shape index (κ3) is 5.78. The highest BCUT2D eigenvalue weighted by Gasteiger charge is 2.42. The van der Waals surface area contributed by atoms with Gasteiger partial charge in [-0.2, -0.15) is 4.98 Å². The predicted octanol–water partition coefficient (Wildman–Crippen LogP) is 4.26. The van der Waals surface area contributed by atoms with E-state index in [1.54, 1.807) is 0 Å². The molecule has 2 aliphatic heterocycles. The van der Waals surface area contributed by atoms with Gasteiger partial charge in [0.2, 0.25) is 10.8 Å². The van der Waals surface area contributed by atoms with Crippen molar-refractivity contribution >= 4 is 40.6 Å². The van der Waals surface area contributed by atoms with E-state index in [1.807, 2.05) is 32.9 Å². The van der Waals surface area contributed by atoms with E-state index in [-0.39, 0.29) is 12.1 Å². The minimum absolute atomic E-state index is 0.0302. The maximum atomic E-state index is 12.7. The minimum atomic E-state index is -1.11. The number of hydrogen-bond donors (Lipinski definition) is 2. The number of fused-ring (bicyclic) bond motifs is 1. The molecule has 3 heterocycles. The van der Waals surface area contributed by atoms with Gasteiger partial charge in [0.25, 0.3) is 0 Å². The first-order valence-electron chi connectivity index (χ1n) is 12.2. The average Bonchev–Trinajstić information content (AvgIpc) is 3.40. The fraction of sp³-hybridized carbons (Fsp3) is 0.560. The third-order valence-corrected chi connectivity index (χ3v) is 8.32. The molecule has 0 bridgehead atoms. The quantitative estimate of drug-likeness (QED) is 0.571. The molecule has 1 amide bonds. The van der Waals surface area contributed by atoms with Gasteiger partial charge in [0, 0.05) is 24.5 Å². The Morgan fingerprint density at radius 2 is 1.89 bits per heavy atom. The van der Waals surface area contributed by atoms with Gasteiger partial charge in [0.05, 0.1) is 12.1 Å². The van der Waals surface area contributed by atoms with Gasteiger partial charge >= 0.3 is 6.09 Å². The predicted molar refractivity (Wildman–Crippen MR) is 138 cm³/mol. The molecule has 1 aromatic heterocycles. The van der Waals surface area contributed by atoms with Crippen LogP contribution >= 0.6 is 11.6 Å². The summed E-state index contributed by atoms with van der Waals surface area (Å²) in [4.78, 5) is 24.7. The lowest BCUT2D eigenvalue weighted by atomic mass is 9.89. The van der Waals surface area contributed by atoms with Crippen molar-refractivity contribution in [3.63, 3.8) is 0 Å². The number of benzene rings is 1. The Morgan fingerprint density at radius 1 is 1.17 bits per heavy atom. The van der Waals surface area contributed by atoms with Crippen molar-refractivity contribution in [2.24, 2.45) is 0 Å². The second kappa shape index (κ2) is 9.67. The normalized spacial score (nSPS) is 24.1. The monoisotopic (exact) mass is 517 g/mol. The molecular weight excluding hydrogens is 486 g/mol. The second-order valence-electron chi connectivity index (χ2n) is 10.5. The average molecular weight is 518 g/mol. The van der Waals surface area contributed by atoms with Crippen molar-refractivity contribution in [2.45, 2.75) is 75.0 Å². The van der Waals surface area contributed by atoms with Gasteiger partial charge < -0.3 is 24.8 Å². The largest absolute Gasteiger partial charge is 0.611 e. The van der Waals surface area contributed by atoms with Crippen LogP contribution in [0.1, 0.15) is 57.2 Å². The number of aryl methyl sites for hydroxylation is 1. The van der Waals surface area contributed by atoms with Gasteiger partial charge in [-0.25, -0.2) is 9.78 Å². The van der Waals surface area contributed by atoms with Crippen LogP contribution < -0.4 is 15.5 Å². The molecule has 1 saturated carbocycles. The zero-order valence-corrected chi connectivity index (χ0v) is 21.9. The number of nitrogens with one attached hydrogen (secondary N) is 2. The van der Waals surface area contributed by atoms with Crippen molar-refractivity contribution in [3.05, 3.63) is 40.5 Å². The van der Waals surface area contributed by atoms with Crippen LogP contribution in [0.5, 0.6) is 0 Å². The molecule has 2 fully saturated rings. The first-order chi connectivity index (χ1) is 16.7. The van der Waals surface area contributed by atoms with Gasteiger partial charge in [-0.05, 0) is 74.8 Å². The Kier molecular flexibility index (Phi) is 6.76. The number of hydrogen-bond acceptors (Lipinski definition) is 7. The summed E-state index contributed by atoms with van der Waals surface area (Å²) < 4.78 is 18.1. The Morgan fingerprint density at radius 3 is 2.57 bits per heavy atom. The Hall–Kier alpha value is -2.23. The SMILES string of the molecule is CC(C)(C)OC(=O)N[C@H]1C[C@@H]1Nc1nc(N2CCC(c3ccc(Cl)cc3)CC2)nc2c1[S+]([O-])CC2. The molecule has 10 heteroatoms. The zero-order chi connectivity index (χ0) is 24.7. The summed E-state index contributed by atoms with van der Waals surface area (Å²) in [6, 6.07) is 8.13. The number of anilines is 2. The van der Waals surface area contributed by atoms with Crippen LogP contribution in [0.2, 0.25) is 5.02 Å². The lowest BCUT2D eigenvalue weighted by Crippen LogP contribution is -2.36. The molecule has 1 unspecified atom stereocenters. The Balaban J connectivity index is 1.25. The van der Waals surface area contributed by atoms with Gasteiger partial charge in [0.15, 0.2) is 5.82 Å². The van der Waals surface area contributed by atoms with E-state index in [0.717, 1.165) is 43.1 Å². The third-order valence-electron chi connectivity index (χ3n) is 6.61. The van der Waals surface area contributed by atoms with Crippen molar-refractivity contribution < 1.29 is 14.1 Å². The van der Waals surface area contributed by atoms with E-state index >= 15 is 0 Å². The van der Waals surface area contributed by atoms with E-state index in [4.69, 9.17) is 26.3 Å². The summed E-state index contributed by atoms with van der Waals surface area (Å²) in [5.74, 6) is 2.40. The van der Waals surface area contributed by atoms with Crippen molar-refractivity contribution in [2.75, 3.05) is 29.1 Å². The van der Waals surface area contributed by atoms with Crippen LogP contribution in [0.3, 0.4) is 0 Å². The topological polar surface area (TPSA) is 102 Å². The highest BCUT2D eigenvalue weighted by molar-refractivity contribution is 7.91. The number of amides is 1. The lowest BCUT2D eigenvalue weighted by Gasteiger charge is -2.32. The molecule has 3 aliphatic rings. The fourth-order valence-corrected chi connectivity index (χ4v) is 6.16. The lowest BCUT2D eigenvalue weighted by molar-refractivity contribution is 0.0523. The molecule has 1 aromatic carbocycles. The molecular formula is C25H32ClN5O3S. The van der Waals surface area contributed by atoms with E-state index in [9.17, 15) is 9.35 Å². The molecule has 1 aliphatic carbocycles. The minimum Gasteiger partial charge on any atom is -0.611 e. The van der Waals surface area contributed by atoms with Crippen LogP contribution in [0.4, 0.5) is 16.6 Å². The summed E-state index contributed by atoms with van der Waals surface area (Å²) in [6.45, 7) is 7.25. The first-order valence-corrected chi connectivity index (χ1v) is 13.9. The number of piperidine rings is 1. The first kappa shape index (κ1) is 24.5. The van der Waals surface area contributed by atoms with E-state index in [2.05, 4.69) is 27.7 Å². The molecule has 35 heavy (non-hydrogen) atoms. The van der Waals surface area contributed by atoms with Crippen LogP contribution in [-0.2, 0) is 22.3 Å². The maximum absolute atomic E-state index is 12.7. The van der Waals surface area contributed by atoms with Gasteiger partial charge in [0.1, 0.15) is 17.0 Å². The number of rotatable bonds is 5. The fourth-order valence-electron chi connectivity index (χ4n) is 4.72. The summed E-state index contributed by atoms with van der Waals surface area (Å²) >= 11 is 4.94. The zero-order valence-electron chi connectivity index (χ0n) is 20.3. The standard InChI is InChI=1S/C25H32ClN5O3S/c1-25(2,3)34-24(32)29-20-14-19(20)27-22-21-18(10-13-35(21)33)28-23(30-22)31-11-8-16(9-12-31)15-4-6-17(26)7-5-15/h4-7,16,19-20H,8-14H2,1-3H3,(H,29,32)(H,27,28,30)/t19-,20-,35?/m0/s1. The number of alkyl carbamates (subject to hydrolysis) is 1. The second-order valence-corrected chi connectivity index (χ2v) is 12.4. The van der Waals surface area contributed by atoms with Crippen molar-refractivity contribution in [1.29, 1.82) is 0 Å². The Labute approximate surface area is 214 Å². The van der Waals surface area contributed by atoms with Gasteiger partial charge in [-0.3, -0.25) is 0 Å². The molecule has 8 nitrogen and oxygen atoms in total. The smallest absolute Gasteiger partial charge is 0.407 e. The maximum Gasteiger partial charge on any atom is 0.407 e. The van der Waals surface area contributed by atoms with E-state index in [0.29, 0.717) is 34.8 Å². The summed E-state index contributed by atoms with van der Waals surface area (Å²) in [5, 5.41) is 7.09. The summed E-state index contributed by atoms with van der Waals surface area (Å²) in [7, 11) is 0. The Bertz CT molecular complexity index is 1090. The molecule has 188 valence electrons. The van der Waals surface area contributed by atoms with Crippen LogP contribution in [0.25, 0.3) is 0 Å². The van der Waals surface area contributed by atoms with Crippen LogP contribution in [-0.4, -0.2) is 57.1 Å². The number of carbonyl (C=O) groups is 1. The molecule has 2 N–H and O–H groups in total. The molecule has 2 aromatic rings. The number of halogens is 1. The van der Waals surface area contributed by atoms with E-state index in [1.165, 1.54) is 5.56 Å². The molecule has 1 saturated heterocycles. The summed E-state index contributed by atoms with van der Waals surface area (Å²) in [5.41, 5.74) is 1.65. The number of nitrogens with zero attached hydrogens (tertiary/aromatic N) is 3. The van der Waals surface area contributed by atoms with Crippen LogP contribution in [0.15, 0.2) is 29.2 Å². The van der Waals surface area contributed by atoms with Crippen molar-refractivity contribution in [1.82, 2.24) is 15.3 Å². The van der Waals surface area contributed by atoms with E-state index < -0.39 is 22.9 Å².